The fourth-order valence-corrected chi connectivity index (χ4v) is 4.15. The summed E-state index contributed by atoms with van der Waals surface area (Å²) >= 11 is 1.70. The van der Waals surface area contributed by atoms with Gasteiger partial charge in [0, 0.05) is 10.6 Å². The molecule has 1 N–H and O–H groups in total. The van der Waals surface area contributed by atoms with E-state index < -0.39 is 0 Å². The second kappa shape index (κ2) is 9.32. The molecule has 0 radical (unpaired) electrons. The van der Waals surface area contributed by atoms with E-state index in [9.17, 15) is 4.79 Å². The number of nitrogens with one attached hydrogen (secondary N) is 1. The van der Waals surface area contributed by atoms with Crippen LogP contribution in [0.5, 0.6) is 0 Å². The van der Waals surface area contributed by atoms with E-state index in [0.717, 1.165) is 21.8 Å². The largest absolute Gasteiger partial charge is 0.345 e. The van der Waals surface area contributed by atoms with Gasteiger partial charge < -0.3 is 5.32 Å². The normalized spacial score (nSPS) is 12.4. The van der Waals surface area contributed by atoms with Crippen molar-refractivity contribution in [2.75, 3.05) is 0 Å². The Balaban J connectivity index is 1.69. The maximum Gasteiger partial charge on any atom is 0.252 e. The predicted octanol–water partition coefficient (Wildman–Crippen LogP) is 6.77. The summed E-state index contributed by atoms with van der Waals surface area (Å²) in [4.78, 5) is 14.0. The van der Waals surface area contributed by atoms with Crippen LogP contribution in [0.15, 0.2) is 83.8 Å². The zero-order valence-electron chi connectivity index (χ0n) is 17.6. The smallest absolute Gasteiger partial charge is 0.252 e. The van der Waals surface area contributed by atoms with Crippen molar-refractivity contribution in [3.05, 3.63) is 101 Å². The van der Waals surface area contributed by atoms with Crippen LogP contribution in [0.25, 0.3) is 0 Å². The van der Waals surface area contributed by atoms with Gasteiger partial charge in [0.05, 0.1) is 11.6 Å². The minimum Gasteiger partial charge on any atom is -0.345 e. The van der Waals surface area contributed by atoms with Crippen molar-refractivity contribution in [3.8, 4) is 0 Å². The highest BCUT2D eigenvalue weighted by atomic mass is 32.2. The van der Waals surface area contributed by atoms with E-state index in [1.54, 1.807) is 11.8 Å². The van der Waals surface area contributed by atoms with Crippen LogP contribution < -0.4 is 5.32 Å². The Labute approximate surface area is 178 Å². The molecule has 0 unspecified atom stereocenters. The molecule has 3 aromatic rings. The van der Waals surface area contributed by atoms with Gasteiger partial charge in [0.2, 0.25) is 0 Å². The van der Waals surface area contributed by atoms with Gasteiger partial charge in [-0.05, 0) is 41.2 Å². The molecule has 0 aromatic heterocycles. The van der Waals surface area contributed by atoms with Crippen LogP contribution in [0.1, 0.15) is 60.8 Å². The first kappa shape index (κ1) is 21.2. The van der Waals surface area contributed by atoms with Gasteiger partial charge in [-0.25, -0.2) is 0 Å². The molecule has 1 amide bonds. The van der Waals surface area contributed by atoms with E-state index in [0.29, 0.717) is 0 Å². The molecular formula is C26H29NOS. The zero-order chi connectivity index (χ0) is 20.9. The summed E-state index contributed by atoms with van der Waals surface area (Å²) in [5, 5.41) is 3.16. The third kappa shape index (κ3) is 5.74. The molecular weight excluding hydrogens is 374 g/mol. The maximum absolute atomic E-state index is 13.0. The molecule has 0 fully saturated rings. The summed E-state index contributed by atoms with van der Waals surface area (Å²) in [6.07, 6.45) is 0. The summed E-state index contributed by atoms with van der Waals surface area (Å²) in [5.41, 5.74) is 4.51. The quantitative estimate of drug-likeness (QED) is 0.460. The second-order valence-corrected chi connectivity index (χ2v) is 9.35. The van der Waals surface area contributed by atoms with Crippen LogP contribution in [0.2, 0.25) is 0 Å². The Morgan fingerprint density at radius 3 is 2.17 bits per heavy atom. The van der Waals surface area contributed by atoms with Crippen LogP contribution in [0.3, 0.4) is 0 Å². The van der Waals surface area contributed by atoms with Crippen LogP contribution in [0, 0.1) is 0 Å². The highest BCUT2D eigenvalue weighted by molar-refractivity contribution is 7.98. The number of carbonyl (C=O) groups excluding carboxylic acids is 1. The minimum absolute atomic E-state index is 0.0337. The molecule has 0 spiro atoms. The molecule has 3 heteroatoms. The fourth-order valence-electron chi connectivity index (χ4n) is 3.14. The highest BCUT2D eigenvalue weighted by Crippen LogP contribution is 2.27. The van der Waals surface area contributed by atoms with Crippen LogP contribution in [-0.4, -0.2) is 5.91 Å². The molecule has 0 aliphatic rings. The molecule has 0 saturated carbocycles. The SMILES string of the molecule is C[C@@H](NC(=O)c1ccccc1SCc1ccccc1)c1ccc(C(C)(C)C)cc1. The first-order valence-corrected chi connectivity index (χ1v) is 11.0. The molecule has 150 valence electrons. The van der Waals surface area contributed by atoms with Gasteiger partial charge in [-0.1, -0.05) is 87.5 Å². The van der Waals surface area contributed by atoms with E-state index in [4.69, 9.17) is 0 Å². The van der Waals surface area contributed by atoms with Crippen LogP contribution >= 0.6 is 11.8 Å². The van der Waals surface area contributed by atoms with Gasteiger partial charge in [-0.3, -0.25) is 4.79 Å². The van der Waals surface area contributed by atoms with Crippen LogP contribution in [0.4, 0.5) is 0 Å². The third-order valence-corrected chi connectivity index (χ3v) is 6.14. The van der Waals surface area contributed by atoms with Gasteiger partial charge in [-0.15, -0.1) is 11.8 Å². The number of hydrogen-bond acceptors (Lipinski definition) is 2. The number of thioether (sulfide) groups is 1. The Morgan fingerprint density at radius 2 is 1.52 bits per heavy atom. The molecule has 2 nitrogen and oxygen atoms in total. The van der Waals surface area contributed by atoms with Crippen LogP contribution in [-0.2, 0) is 11.2 Å². The van der Waals surface area contributed by atoms with Crippen molar-refractivity contribution < 1.29 is 4.79 Å². The number of benzene rings is 3. The summed E-state index contributed by atoms with van der Waals surface area (Å²) in [6.45, 7) is 8.65. The maximum atomic E-state index is 13.0. The van der Waals surface area contributed by atoms with Crippen molar-refractivity contribution in [2.24, 2.45) is 0 Å². The highest BCUT2D eigenvalue weighted by Gasteiger charge is 2.17. The first-order valence-electron chi connectivity index (χ1n) is 10.0. The van der Waals surface area contributed by atoms with E-state index >= 15 is 0 Å². The average Bonchev–Trinajstić information content (AvgIpc) is 2.72. The summed E-state index contributed by atoms with van der Waals surface area (Å²) in [7, 11) is 0. The first-order chi connectivity index (χ1) is 13.8. The lowest BCUT2D eigenvalue weighted by atomic mass is 9.86. The molecule has 3 rings (SSSR count). The van der Waals surface area contributed by atoms with Crippen molar-refractivity contribution in [1.29, 1.82) is 0 Å². The lowest BCUT2D eigenvalue weighted by Gasteiger charge is -2.21. The predicted molar refractivity (Wildman–Crippen MR) is 123 cm³/mol. The topological polar surface area (TPSA) is 29.1 Å². The van der Waals surface area contributed by atoms with E-state index in [1.807, 2.05) is 49.4 Å². The van der Waals surface area contributed by atoms with Gasteiger partial charge in [0.1, 0.15) is 0 Å². The van der Waals surface area contributed by atoms with Gasteiger partial charge in [-0.2, -0.15) is 0 Å². The van der Waals surface area contributed by atoms with Crippen molar-refractivity contribution in [2.45, 2.75) is 49.8 Å². The lowest BCUT2D eigenvalue weighted by molar-refractivity contribution is 0.0937. The Hall–Kier alpha value is -2.52. The molecule has 3 aromatic carbocycles. The zero-order valence-corrected chi connectivity index (χ0v) is 18.4. The van der Waals surface area contributed by atoms with Crippen molar-refractivity contribution in [1.82, 2.24) is 5.32 Å². The average molecular weight is 404 g/mol. The number of carbonyl (C=O) groups is 1. The molecule has 0 bridgehead atoms. The Bertz CT molecular complexity index is 942. The molecule has 29 heavy (non-hydrogen) atoms. The molecule has 0 aliphatic heterocycles. The molecule has 0 aliphatic carbocycles. The van der Waals surface area contributed by atoms with E-state index in [1.165, 1.54) is 11.1 Å². The van der Waals surface area contributed by atoms with Crippen molar-refractivity contribution in [3.63, 3.8) is 0 Å². The van der Waals surface area contributed by atoms with E-state index in [-0.39, 0.29) is 17.4 Å². The van der Waals surface area contributed by atoms with Gasteiger partial charge in [0.25, 0.3) is 5.91 Å². The van der Waals surface area contributed by atoms with E-state index in [2.05, 4.69) is 62.5 Å². The Kier molecular flexibility index (Phi) is 6.81. The number of hydrogen-bond donors (Lipinski definition) is 1. The molecule has 0 saturated heterocycles. The number of amides is 1. The molecule has 0 heterocycles. The minimum atomic E-state index is -0.0521. The standard InChI is InChI=1S/C26H29NOS/c1-19(21-14-16-22(17-15-21)26(2,3)4)27-25(28)23-12-8-9-13-24(23)29-18-20-10-6-5-7-11-20/h5-17,19H,18H2,1-4H3,(H,27,28)/t19-/m1/s1. The third-order valence-electron chi connectivity index (χ3n) is 4.99. The summed E-state index contributed by atoms with van der Waals surface area (Å²) in [5.74, 6) is 0.808. The summed E-state index contributed by atoms with van der Waals surface area (Å²) in [6, 6.07) is 26.6. The molecule has 1 atom stereocenters. The van der Waals surface area contributed by atoms with Gasteiger partial charge in [0.15, 0.2) is 0 Å². The Morgan fingerprint density at radius 1 is 0.897 bits per heavy atom. The second-order valence-electron chi connectivity index (χ2n) is 8.34. The van der Waals surface area contributed by atoms with Gasteiger partial charge >= 0.3 is 0 Å². The summed E-state index contributed by atoms with van der Waals surface area (Å²) < 4.78 is 0. The number of rotatable bonds is 6. The lowest BCUT2D eigenvalue weighted by Crippen LogP contribution is -2.27. The monoisotopic (exact) mass is 403 g/mol. The fraction of sp³-hybridized carbons (Fsp3) is 0.269. The van der Waals surface area contributed by atoms with Crippen molar-refractivity contribution >= 4 is 17.7 Å².